The number of allylic oxidation sites excluding steroid dienone is 1. The Labute approximate surface area is 315 Å². The fourth-order valence-electron chi connectivity index (χ4n) is 9.16. The van der Waals surface area contributed by atoms with Crippen LogP contribution in [-0.2, 0) is 5.41 Å². The Balaban J connectivity index is 1.10. The predicted molar refractivity (Wildman–Crippen MR) is 227 cm³/mol. The molecule has 1 heteroatoms. The standard InChI is InChI=1S/C53H35N/c1-3-13-40-33-42(23-21-36(40)11-1)38-25-29-45(30-26-38)54(46-31-27-39(28-32-46)43-24-22-37-12-2-4-14-41(37)34-43)52-35-44-15-5-8-18-49(44)53(52)50-19-9-6-16-47(50)48-17-7-10-20-51(48)53/h1-35H. The summed E-state index contributed by atoms with van der Waals surface area (Å²) < 4.78 is 0. The van der Waals surface area contributed by atoms with Crippen LogP contribution in [0.1, 0.15) is 22.3 Å². The van der Waals surface area contributed by atoms with Crippen LogP contribution in [0.3, 0.4) is 0 Å². The van der Waals surface area contributed by atoms with Crippen LogP contribution in [-0.4, -0.2) is 0 Å². The van der Waals surface area contributed by atoms with Gasteiger partial charge in [-0.15, -0.1) is 0 Å². The van der Waals surface area contributed by atoms with E-state index in [1.165, 1.54) is 82.9 Å². The smallest absolute Gasteiger partial charge is 0.0875 e. The second-order valence-corrected chi connectivity index (χ2v) is 14.5. The first-order valence-electron chi connectivity index (χ1n) is 18.8. The van der Waals surface area contributed by atoms with Gasteiger partial charge in [-0.3, -0.25) is 0 Å². The average Bonchev–Trinajstić information content (AvgIpc) is 3.74. The maximum Gasteiger partial charge on any atom is 0.0875 e. The fraction of sp³-hybridized carbons (Fsp3) is 0.0189. The van der Waals surface area contributed by atoms with E-state index in [2.05, 4.69) is 217 Å². The van der Waals surface area contributed by atoms with Crippen LogP contribution < -0.4 is 4.90 Å². The zero-order valence-corrected chi connectivity index (χ0v) is 29.7. The fourth-order valence-corrected chi connectivity index (χ4v) is 9.16. The number of nitrogens with zero attached hydrogens (tertiary/aromatic N) is 1. The first kappa shape index (κ1) is 30.6. The third-order valence-corrected chi connectivity index (χ3v) is 11.7. The molecule has 0 radical (unpaired) electrons. The highest BCUT2D eigenvalue weighted by molar-refractivity contribution is 5.95. The molecule has 0 fully saturated rings. The Bertz CT molecular complexity index is 2760. The number of benzene rings is 9. The van der Waals surface area contributed by atoms with E-state index in [4.69, 9.17) is 0 Å². The summed E-state index contributed by atoms with van der Waals surface area (Å²) >= 11 is 0. The molecule has 0 amide bonds. The van der Waals surface area contributed by atoms with E-state index >= 15 is 0 Å². The van der Waals surface area contributed by atoms with Gasteiger partial charge in [-0.05, 0) is 120 Å². The lowest BCUT2D eigenvalue weighted by molar-refractivity contribution is 0.746. The van der Waals surface area contributed by atoms with Crippen molar-refractivity contribution in [2.24, 2.45) is 0 Å². The second kappa shape index (κ2) is 12.0. The van der Waals surface area contributed by atoms with E-state index in [-0.39, 0.29) is 0 Å². The molecule has 54 heavy (non-hydrogen) atoms. The summed E-state index contributed by atoms with van der Waals surface area (Å²) in [7, 11) is 0. The number of anilines is 2. The van der Waals surface area contributed by atoms with Crippen LogP contribution >= 0.6 is 0 Å². The van der Waals surface area contributed by atoms with Gasteiger partial charge >= 0.3 is 0 Å². The maximum absolute atomic E-state index is 2.51. The topological polar surface area (TPSA) is 3.24 Å². The van der Waals surface area contributed by atoms with Gasteiger partial charge in [0.1, 0.15) is 0 Å². The van der Waals surface area contributed by atoms with Crippen molar-refractivity contribution in [2.45, 2.75) is 5.41 Å². The molecule has 1 nitrogen and oxygen atoms in total. The molecule has 0 unspecified atom stereocenters. The van der Waals surface area contributed by atoms with E-state index in [9.17, 15) is 0 Å². The zero-order valence-electron chi connectivity index (χ0n) is 29.7. The average molecular weight is 686 g/mol. The van der Waals surface area contributed by atoms with E-state index in [1.807, 2.05) is 0 Å². The summed E-state index contributed by atoms with van der Waals surface area (Å²) in [6.07, 6.45) is 2.43. The largest absolute Gasteiger partial charge is 0.313 e. The van der Waals surface area contributed by atoms with Gasteiger partial charge in [0, 0.05) is 17.1 Å². The highest BCUT2D eigenvalue weighted by Crippen LogP contribution is 2.61. The molecule has 0 aliphatic heterocycles. The minimum absolute atomic E-state index is 0.488. The van der Waals surface area contributed by atoms with Crippen LogP contribution in [0.25, 0.3) is 61.0 Å². The van der Waals surface area contributed by atoms with Crippen molar-refractivity contribution in [1.82, 2.24) is 0 Å². The van der Waals surface area contributed by atoms with Gasteiger partial charge in [-0.1, -0.05) is 170 Å². The van der Waals surface area contributed by atoms with Gasteiger partial charge in [-0.25, -0.2) is 0 Å². The first-order chi connectivity index (χ1) is 26.8. The molecule has 11 rings (SSSR count). The summed E-state index contributed by atoms with van der Waals surface area (Å²) in [5.41, 5.74) is 15.7. The van der Waals surface area contributed by atoms with Crippen LogP contribution in [0.5, 0.6) is 0 Å². The molecule has 0 saturated heterocycles. The molecule has 0 N–H and O–H groups in total. The van der Waals surface area contributed by atoms with Gasteiger partial charge in [0.2, 0.25) is 0 Å². The van der Waals surface area contributed by atoms with Gasteiger partial charge < -0.3 is 4.90 Å². The Kier molecular flexibility index (Phi) is 6.84. The van der Waals surface area contributed by atoms with E-state index in [1.54, 1.807) is 0 Å². The molecule has 252 valence electrons. The molecule has 0 aromatic heterocycles. The molecule has 2 aliphatic rings. The Morgan fingerprint density at radius 2 is 0.722 bits per heavy atom. The highest BCUT2D eigenvalue weighted by Gasteiger charge is 2.52. The normalized spacial score (nSPS) is 13.4. The monoisotopic (exact) mass is 685 g/mol. The minimum atomic E-state index is -0.488. The Morgan fingerprint density at radius 3 is 1.24 bits per heavy atom. The van der Waals surface area contributed by atoms with Gasteiger partial charge in [-0.2, -0.15) is 0 Å². The summed E-state index contributed by atoms with van der Waals surface area (Å²) in [6, 6.07) is 76.0. The second-order valence-electron chi connectivity index (χ2n) is 14.5. The molecule has 9 aromatic carbocycles. The lowest BCUT2D eigenvalue weighted by Gasteiger charge is -2.39. The van der Waals surface area contributed by atoms with Gasteiger partial charge in [0.25, 0.3) is 0 Å². The van der Waals surface area contributed by atoms with Crippen molar-refractivity contribution in [3.05, 3.63) is 234 Å². The van der Waals surface area contributed by atoms with Crippen molar-refractivity contribution in [3.63, 3.8) is 0 Å². The van der Waals surface area contributed by atoms with Crippen molar-refractivity contribution in [1.29, 1.82) is 0 Å². The third kappa shape index (κ3) is 4.58. The minimum Gasteiger partial charge on any atom is -0.313 e. The highest BCUT2D eigenvalue weighted by atomic mass is 15.2. The molecule has 1 spiro atoms. The van der Waals surface area contributed by atoms with Crippen molar-refractivity contribution < 1.29 is 0 Å². The summed E-state index contributed by atoms with van der Waals surface area (Å²) in [4.78, 5) is 2.51. The van der Waals surface area contributed by atoms with E-state index in [0.29, 0.717) is 0 Å². The molecule has 0 atom stereocenters. The molecule has 0 bridgehead atoms. The lowest BCUT2D eigenvalue weighted by atomic mass is 9.71. The molecule has 0 saturated carbocycles. The Morgan fingerprint density at radius 1 is 0.315 bits per heavy atom. The molecule has 2 aliphatic carbocycles. The van der Waals surface area contributed by atoms with Crippen LogP contribution in [0.2, 0.25) is 0 Å². The van der Waals surface area contributed by atoms with Crippen LogP contribution in [0.15, 0.2) is 212 Å². The zero-order chi connectivity index (χ0) is 35.6. The van der Waals surface area contributed by atoms with Crippen molar-refractivity contribution >= 4 is 39.0 Å². The Hall–Kier alpha value is -6.96. The number of rotatable bonds is 5. The quantitative estimate of drug-likeness (QED) is 0.174. The predicted octanol–water partition coefficient (Wildman–Crippen LogP) is 13.8. The van der Waals surface area contributed by atoms with Crippen LogP contribution in [0, 0.1) is 0 Å². The number of hydrogen-bond donors (Lipinski definition) is 0. The van der Waals surface area contributed by atoms with Gasteiger partial charge in [0.05, 0.1) is 5.41 Å². The molecular formula is C53H35N. The van der Waals surface area contributed by atoms with E-state index in [0.717, 1.165) is 11.4 Å². The third-order valence-electron chi connectivity index (χ3n) is 11.7. The summed E-state index contributed by atoms with van der Waals surface area (Å²) in [5.74, 6) is 0. The summed E-state index contributed by atoms with van der Waals surface area (Å²) in [5, 5.41) is 5.01. The molecule has 0 heterocycles. The van der Waals surface area contributed by atoms with E-state index < -0.39 is 5.41 Å². The number of fused-ring (bicyclic) bond motifs is 9. The maximum atomic E-state index is 2.51. The molecule has 9 aromatic rings. The SMILES string of the molecule is C1=C(N(c2ccc(-c3ccc4ccccc4c3)cc2)c2ccc(-c3ccc4ccccc4c3)cc2)C2(c3ccccc31)c1ccccc1-c1ccccc12. The molecular weight excluding hydrogens is 651 g/mol. The first-order valence-corrected chi connectivity index (χ1v) is 18.8. The van der Waals surface area contributed by atoms with Crippen LogP contribution in [0.4, 0.5) is 11.4 Å². The lowest BCUT2D eigenvalue weighted by Crippen LogP contribution is -2.35. The van der Waals surface area contributed by atoms with Crippen molar-refractivity contribution in [3.8, 4) is 33.4 Å². The summed E-state index contributed by atoms with van der Waals surface area (Å²) in [6.45, 7) is 0. The van der Waals surface area contributed by atoms with Crippen molar-refractivity contribution in [2.75, 3.05) is 4.90 Å². The van der Waals surface area contributed by atoms with Gasteiger partial charge in [0.15, 0.2) is 0 Å². The number of hydrogen-bond acceptors (Lipinski definition) is 1.